The molecule has 0 spiro atoms. The SMILES string of the molecule is CN(C(=O)NCc1ccccc1)N1CC(=O)N2[C@@H](Cc3ccc4occc4c3)C(=O)N(Cc3cccc4sc(N)nc34)C[C@@H]21. The first kappa shape index (κ1) is 27.9. The molecule has 224 valence electrons. The number of anilines is 1. The third-order valence-corrected chi connectivity index (χ3v) is 9.21. The number of urea groups is 1. The van der Waals surface area contributed by atoms with Gasteiger partial charge in [-0.3, -0.25) is 14.6 Å². The third kappa shape index (κ3) is 5.12. The van der Waals surface area contributed by atoms with E-state index in [1.54, 1.807) is 28.1 Å². The molecule has 7 rings (SSSR count). The van der Waals surface area contributed by atoms with E-state index in [0.29, 0.717) is 24.6 Å². The highest BCUT2D eigenvalue weighted by Crippen LogP contribution is 2.32. The minimum atomic E-state index is -0.754. The highest BCUT2D eigenvalue weighted by atomic mass is 32.1. The zero-order valence-electron chi connectivity index (χ0n) is 24.1. The maximum atomic E-state index is 14.2. The van der Waals surface area contributed by atoms with Crippen LogP contribution in [0.15, 0.2) is 83.5 Å². The van der Waals surface area contributed by atoms with Crippen LogP contribution in [0.4, 0.5) is 9.93 Å². The summed E-state index contributed by atoms with van der Waals surface area (Å²) in [4.78, 5) is 49.0. The molecule has 0 radical (unpaired) electrons. The van der Waals surface area contributed by atoms with Crippen LogP contribution in [0, 0.1) is 0 Å². The van der Waals surface area contributed by atoms with Crippen molar-refractivity contribution in [2.45, 2.75) is 31.7 Å². The lowest BCUT2D eigenvalue weighted by molar-refractivity contribution is -0.157. The van der Waals surface area contributed by atoms with Crippen molar-refractivity contribution in [1.82, 2.24) is 30.1 Å². The largest absolute Gasteiger partial charge is 0.464 e. The molecule has 11 nitrogen and oxygen atoms in total. The second-order valence-electron chi connectivity index (χ2n) is 11.1. The summed E-state index contributed by atoms with van der Waals surface area (Å²) in [5.74, 6) is -0.352. The van der Waals surface area contributed by atoms with Gasteiger partial charge in [0.1, 0.15) is 17.8 Å². The Kier molecular flexibility index (Phi) is 7.15. The van der Waals surface area contributed by atoms with Crippen molar-refractivity contribution in [3.8, 4) is 0 Å². The Morgan fingerprint density at radius 1 is 1.09 bits per heavy atom. The number of nitrogens with one attached hydrogen (secondary N) is 1. The number of hydrogen-bond acceptors (Lipinski definition) is 8. The fourth-order valence-corrected chi connectivity index (χ4v) is 6.96. The molecule has 12 heteroatoms. The smallest absolute Gasteiger partial charge is 0.332 e. The molecular weight excluding hydrogens is 578 g/mol. The van der Waals surface area contributed by atoms with Crippen LogP contribution in [0.3, 0.4) is 0 Å². The second kappa shape index (κ2) is 11.3. The summed E-state index contributed by atoms with van der Waals surface area (Å²) in [6, 6.07) is 22.1. The first-order chi connectivity index (χ1) is 21.4. The number of benzene rings is 3. The molecule has 3 aromatic carbocycles. The van der Waals surface area contributed by atoms with Gasteiger partial charge in [0.25, 0.3) is 0 Å². The number of nitrogens with zero attached hydrogens (tertiary/aromatic N) is 5. The van der Waals surface area contributed by atoms with Gasteiger partial charge in [0.2, 0.25) is 11.8 Å². The Morgan fingerprint density at radius 2 is 1.93 bits per heavy atom. The molecule has 2 aliphatic rings. The fourth-order valence-electron chi connectivity index (χ4n) is 6.18. The standard InChI is InChI=1S/C32H31N7O4S/c1-36(32(42)34-16-20-6-3-2-4-7-20)38-19-28(40)39-24(15-21-10-11-25-22(14-21)12-13-43-25)30(41)37(18-27(38)39)17-23-8-5-9-26-29(23)35-31(33)44-26/h2-14,24,27H,15-19H2,1H3,(H2,33,35)(H,34,42)/t24-,27+/m0/s1. The van der Waals surface area contributed by atoms with Crippen molar-refractivity contribution in [1.29, 1.82) is 0 Å². The van der Waals surface area contributed by atoms with E-state index in [1.165, 1.54) is 16.3 Å². The van der Waals surface area contributed by atoms with E-state index < -0.39 is 12.2 Å². The number of furan rings is 1. The molecule has 0 saturated carbocycles. The van der Waals surface area contributed by atoms with Gasteiger partial charge >= 0.3 is 6.03 Å². The number of hydrazine groups is 1. The molecule has 0 aliphatic carbocycles. The summed E-state index contributed by atoms with van der Waals surface area (Å²) in [6.07, 6.45) is 1.42. The number of piperazine rings is 1. The molecule has 2 atom stereocenters. The highest BCUT2D eigenvalue weighted by Gasteiger charge is 2.51. The van der Waals surface area contributed by atoms with Crippen LogP contribution in [0.2, 0.25) is 0 Å². The maximum Gasteiger partial charge on any atom is 0.332 e. The summed E-state index contributed by atoms with van der Waals surface area (Å²) in [5, 5.41) is 7.53. The summed E-state index contributed by atoms with van der Waals surface area (Å²) in [5.41, 5.74) is 10.3. The molecule has 0 unspecified atom stereocenters. The van der Waals surface area contributed by atoms with Crippen molar-refractivity contribution >= 4 is 55.5 Å². The minimum absolute atomic E-state index is 0.0173. The number of thiazole rings is 1. The summed E-state index contributed by atoms with van der Waals surface area (Å²) < 4.78 is 6.45. The van der Waals surface area contributed by atoms with Crippen molar-refractivity contribution < 1.29 is 18.8 Å². The van der Waals surface area contributed by atoms with E-state index in [1.807, 2.05) is 72.8 Å². The van der Waals surface area contributed by atoms with Crippen molar-refractivity contribution in [2.75, 3.05) is 25.9 Å². The Morgan fingerprint density at radius 3 is 2.77 bits per heavy atom. The van der Waals surface area contributed by atoms with E-state index in [9.17, 15) is 14.4 Å². The average Bonchev–Trinajstić information content (AvgIpc) is 3.74. The Labute approximate surface area is 257 Å². The lowest BCUT2D eigenvalue weighted by Gasteiger charge is -2.45. The van der Waals surface area contributed by atoms with Crippen LogP contribution in [0.5, 0.6) is 0 Å². The Hall–Kier alpha value is -4.94. The number of carbonyl (C=O) groups excluding carboxylic acids is 3. The number of amides is 4. The fraction of sp³-hybridized carbons (Fsp3) is 0.250. The van der Waals surface area contributed by atoms with Crippen LogP contribution in [-0.2, 0) is 29.1 Å². The molecular formula is C32H31N7O4S. The van der Waals surface area contributed by atoms with E-state index in [2.05, 4.69) is 10.3 Å². The zero-order valence-corrected chi connectivity index (χ0v) is 24.9. The highest BCUT2D eigenvalue weighted by molar-refractivity contribution is 7.22. The first-order valence-electron chi connectivity index (χ1n) is 14.4. The molecule has 44 heavy (non-hydrogen) atoms. The van der Waals surface area contributed by atoms with Gasteiger partial charge < -0.3 is 25.3 Å². The number of fused-ring (bicyclic) bond motifs is 3. The minimum Gasteiger partial charge on any atom is -0.464 e. The molecule has 4 amide bonds. The van der Waals surface area contributed by atoms with E-state index >= 15 is 0 Å². The van der Waals surface area contributed by atoms with Crippen molar-refractivity contribution in [3.05, 3.63) is 95.7 Å². The van der Waals surface area contributed by atoms with Crippen molar-refractivity contribution in [2.24, 2.45) is 0 Å². The zero-order chi connectivity index (χ0) is 30.4. The maximum absolute atomic E-state index is 14.2. The number of para-hydroxylation sites is 1. The molecule has 2 aliphatic heterocycles. The number of nitrogens with two attached hydrogens (primary N) is 1. The third-order valence-electron chi connectivity index (χ3n) is 8.36. The first-order valence-corrected chi connectivity index (χ1v) is 15.2. The molecule has 0 bridgehead atoms. The molecule has 5 aromatic rings. The quantitative estimate of drug-likeness (QED) is 0.287. The second-order valence-corrected chi connectivity index (χ2v) is 12.2. The molecule has 2 fully saturated rings. The lowest BCUT2D eigenvalue weighted by atomic mass is 9.99. The Balaban J connectivity index is 1.19. The van der Waals surface area contributed by atoms with E-state index in [-0.39, 0.29) is 30.9 Å². The van der Waals surface area contributed by atoms with Crippen LogP contribution >= 0.6 is 11.3 Å². The predicted molar refractivity (Wildman–Crippen MR) is 167 cm³/mol. The van der Waals surface area contributed by atoms with Gasteiger partial charge in [0, 0.05) is 31.9 Å². The molecule has 2 saturated heterocycles. The van der Waals surface area contributed by atoms with Crippen molar-refractivity contribution in [3.63, 3.8) is 0 Å². The number of nitrogen functional groups attached to an aromatic ring is 1. The van der Waals surface area contributed by atoms with Gasteiger partial charge in [0.05, 0.1) is 29.6 Å². The van der Waals surface area contributed by atoms with Gasteiger partial charge in [-0.2, -0.15) is 5.01 Å². The molecule has 3 N–H and O–H groups in total. The lowest BCUT2D eigenvalue weighted by Crippen LogP contribution is -2.65. The average molecular weight is 610 g/mol. The molecule has 2 aromatic heterocycles. The van der Waals surface area contributed by atoms with E-state index in [4.69, 9.17) is 10.2 Å². The number of hydrogen-bond donors (Lipinski definition) is 2. The van der Waals surface area contributed by atoms with Crippen LogP contribution in [-0.4, -0.2) is 75.0 Å². The predicted octanol–water partition coefficient (Wildman–Crippen LogP) is 3.81. The number of aromatic nitrogens is 1. The van der Waals surface area contributed by atoms with Gasteiger partial charge in [-0.1, -0.05) is 59.9 Å². The van der Waals surface area contributed by atoms with Gasteiger partial charge in [-0.05, 0) is 41.0 Å². The van der Waals surface area contributed by atoms with Crippen LogP contribution < -0.4 is 11.1 Å². The van der Waals surface area contributed by atoms with Crippen LogP contribution in [0.25, 0.3) is 21.2 Å². The summed E-state index contributed by atoms with van der Waals surface area (Å²) in [6.45, 7) is 0.863. The van der Waals surface area contributed by atoms with Gasteiger partial charge in [-0.25, -0.2) is 9.78 Å². The summed E-state index contributed by atoms with van der Waals surface area (Å²) >= 11 is 1.40. The van der Waals surface area contributed by atoms with Gasteiger partial charge in [0.15, 0.2) is 5.13 Å². The summed E-state index contributed by atoms with van der Waals surface area (Å²) in [7, 11) is 1.65. The normalized spacial score (nSPS) is 18.8. The number of rotatable bonds is 7. The van der Waals surface area contributed by atoms with Crippen LogP contribution in [0.1, 0.15) is 16.7 Å². The molecule has 4 heterocycles. The van der Waals surface area contributed by atoms with Gasteiger partial charge in [-0.15, -0.1) is 0 Å². The monoisotopic (exact) mass is 609 g/mol. The van der Waals surface area contributed by atoms with E-state index in [0.717, 1.165) is 37.9 Å². The topological polar surface area (TPSA) is 128 Å². The Bertz CT molecular complexity index is 1870. The number of carbonyl (C=O) groups is 3.